The lowest BCUT2D eigenvalue weighted by Crippen LogP contribution is -2.66. The van der Waals surface area contributed by atoms with Crippen molar-refractivity contribution in [1.29, 1.82) is 0 Å². The van der Waals surface area contributed by atoms with E-state index in [1.165, 1.54) is 17.5 Å². The van der Waals surface area contributed by atoms with Gasteiger partial charge in [-0.25, -0.2) is 17.5 Å². The van der Waals surface area contributed by atoms with Gasteiger partial charge in [0, 0.05) is 30.6 Å². The number of halogens is 2. The molecule has 1 amide bonds. The van der Waals surface area contributed by atoms with Crippen molar-refractivity contribution in [3.8, 4) is 0 Å². The molecule has 0 spiro atoms. The van der Waals surface area contributed by atoms with Crippen molar-refractivity contribution in [2.24, 2.45) is 28.1 Å². The number of carbonyl (C=O) groups is 2. The van der Waals surface area contributed by atoms with Crippen LogP contribution in [-0.4, -0.2) is 51.6 Å². The Morgan fingerprint density at radius 1 is 1.20 bits per heavy atom. The fraction of sp³-hybridized carbons (Fsp3) is 0.480. The maximum atomic E-state index is 14.1. The van der Waals surface area contributed by atoms with Gasteiger partial charge in [0.15, 0.2) is 11.7 Å². The highest BCUT2D eigenvalue weighted by atomic mass is 35.5. The highest BCUT2D eigenvalue weighted by Crippen LogP contribution is 2.51. The quantitative estimate of drug-likeness (QED) is 0.468. The van der Waals surface area contributed by atoms with E-state index >= 15 is 0 Å². The number of nitrogens with one attached hydrogen (secondary N) is 2. The van der Waals surface area contributed by atoms with Gasteiger partial charge in [-0.05, 0) is 60.6 Å². The van der Waals surface area contributed by atoms with Crippen molar-refractivity contribution in [2.75, 3.05) is 11.6 Å². The smallest absolute Gasteiger partial charge is 0.287 e. The lowest BCUT2D eigenvalue weighted by molar-refractivity contribution is -0.162. The maximum Gasteiger partial charge on any atom is 0.287 e. The van der Waals surface area contributed by atoms with Crippen LogP contribution >= 0.6 is 22.9 Å². The molecule has 0 radical (unpaired) electrons. The number of likely N-dealkylation sites (tertiary alicyclic amines) is 1. The predicted molar refractivity (Wildman–Crippen MR) is 147 cm³/mol. The second-order valence-corrected chi connectivity index (χ2v) is 15.5. The molecule has 5 aliphatic rings. The highest BCUT2D eigenvalue weighted by molar-refractivity contribution is 7.91. The number of anilines is 1. The number of thiophene rings is 1. The molecule has 3 atom stereocenters. The van der Waals surface area contributed by atoms with Gasteiger partial charge < -0.3 is 10.2 Å². The SMILES string of the molecule is CS(=O)(=O)NCc1csc2c1S(=O)(=O)N=C(C1C(=O)C3C4CCC(CC4)C3N(Cc3ccc(F)c(Cl)c3)C1=O)N2. The fourth-order valence-corrected chi connectivity index (χ4v) is 9.95. The number of amidine groups is 1. The number of hydrogen-bond donors (Lipinski definition) is 2. The summed E-state index contributed by atoms with van der Waals surface area (Å²) >= 11 is 7.03. The molecule has 7 rings (SSSR count). The molecule has 3 saturated carbocycles. The van der Waals surface area contributed by atoms with Crippen molar-refractivity contribution < 1.29 is 30.8 Å². The van der Waals surface area contributed by atoms with Crippen LogP contribution in [0.4, 0.5) is 9.39 Å². The van der Waals surface area contributed by atoms with E-state index in [1.807, 2.05) is 0 Å². The first-order valence-electron chi connectivity index (χ1n) is 12.8. The van der Waals surface area contributed by atoms with Gasteiger partial charge in [-0.3, -0.25) is 9.59 Å². The van der Waals surface area contributed by atoms with Gasteiger partial charge in [-0.15, -0.1) is 15.7 Å². The van der Waals surface area contributed by atoms with Crippen LogP contribution in [0.2, 0.25) is 5.02 Å². The molecule has 2 N–H and O–H groups in total. The molecule has 2 bridgehead atoms. The van der Waals surface area contributed by atoms with Crippen molar-refractivity contribution in [2.45, 2.75) is 49.7 Å². The Balaban J connectivity index is 1.37. The summed E-state index contributed by atoms with van der Waals surface area (Å²) in [6.45, 7) is -0.156. The second kappa shape index (κ2) is 9.86. The van der Waals surface area contributed by atoms with Gasteiger partial charge in [-0.2, -0.15) is 8.42 Å². The predicted octanol–water partition coefficient (Wildman–Crippen LogP) is 3.14. The van der Waals surface area contributed by atoms with Crippen LogP contribution in [0.15, 0.2) is 32.9 Å². The lowest BCUT2D eigenvalue weighted by Gasteiger charge is -2.55. The minimum absolute atomic E-state index is 0.0733. The van der Waals surface area contributed by atoms with Gasteiger partial charge in [0.1, 0.15) is 21.5 Å². The minimum atomic E-state index is -4.35. The fourth-order valence-electron chi connectivity index (χ4n) is 6.69. The third-order valence-corrected chi connectivity index (χ3v) is 11.8. The number of rotatable bonds is 6. The van der Waals surface area contributed by atoms with Crippen molar-refractivity contribution >= 4 is 65.5 Å². The van der Waals surface area contributed by atoms with Gasteiger partial charge >= 0.3 is 0 Å². The average Bonchev–Trinajstić information content (AvgIpc) is 3.31. The van der Waals surface area contributed by atoms with E-state index in [2.05, 4.69) is 14.4 Å². The standard InChI is InChI=1S/C25H26ClFN4O6S3/c1-39(34,35)28-9-15-11-38-24-22(15)40(36,37)30-23(29-24)19-21(32)18-13-3-5-14(6-4-13)20(18)31(25(19)33)10-12-2-7-17(27)16(26)8-12/h2,7-8,11,13-14,18-20,28H,3-6,9-10H2,1H3,(H,29,30). The van der Waals surface area contributed by atoms with E-state index in [0.717, 1.165) is 43.3 Å². The molecular weight excluding hydrogens is 603 g/mol. The van der Waals surface area contributed by atoms with Gasteiger partial charge in [0.25, 0.3) is 10.0 Å². The van der Waals surface area contributed by atoms with Crippen LogP contribution in [0.25, 0.3) is 0 Å². The third-order valence-electron chi connectivity index (χ3n) is 8.35. The summed E-state index contributed by atoms with van der Waals surface area (Å²) in [7, 11) is -7.93. The molecule has 40 heavy (non-hydrogen) atoms. The molecule has 2 aliphatic heterocycles. The Morgan fingerprint density at radius 3 is 2.58 bits per heavy atom. The average molecular weight is 629 g/mol. The van der Waals surface area contributed by atoms with Crippen molar-refractivity contribution in [1.82, 2.24) is 9.62 Å². The molecular formula is C25H26ClFN4O6S3. The number of piperidine rings is 1. The molecule has 2 aromatic rings. The van der Waals surface area contributed by atoms with Gasteiger partial charge in [-0.1, -0.05) is 17.7 Å². The Labute approximate surface area is 240 Å². The molecule has 10 nitrogen and oxygen atoms in total. The first-order valence-corrected chi connectivity index (χ1v) is 17.4. The summed E-state index contributed by atoms with van der Waals surface area (Å²) in [4.78, 5) is 29.5. The Morgan fingerprint density at radius 2 is 1.90 bits per heavy atom. The monoisotopic (exact) mass is 628 g/mol. The highest BCUT2D eigenvalue weighted by Gasteiger charge is 2.58. The van der Waals surface area contributed by atoms with E-state index in [0.29, 0.717) is 5.56 Å². The van der Waals surface area contributed by atoms with Crippen LogP contribution < -0.4 is 10.0 Å². The second-order valence-electron chi connectivity index (χ2n) is 10.8. The van der Waals surface area contributed by atoms with Crippen molar-refractivity contribution in [3.05, 3.63) is 45.5 Å². The summed E-state index contributed by atoms with van der Waals surface area (Å²) in [6, 6.07) is 3.89. The van der Waals surface area contributed by atoms with Crippen LogP contribution in [0.1, 0.15) is 36.8 Å². The number of fused-ring (bicyclic) bond motifs is 3. The van der Waals surface area contributed by atoms with E-state index in [9.17, 15) is 30.8 Å². The van der Waals surface area contributed by atoms with Gasteiger partial charge in [0.05, 0.1) is 11.3 Å². The van der Waals surface area contributed by atoms with Crippen LogP contribution in [0.3, 0.4) is 0 Å². The van der Waals surface area contributed by atoms with E-state index < -0.39 is 43.6 Å². The first-order chi connectivity index (χ1) is 18.8. The Bertz CT molecular complexity index is 1670. The molecule has 3 unspecified atom stereocenters. The minimum Gasteiger partial charge on any atom is -0.333 e. The van der Waals surface area contributed by atoms with Crippen LogP contribution in [0.5, 0.6) is 0 Å². The maximum absolute atomic E-state index is 14.1. The summed E-state index contributed by atoms with van der Waals surface area (Å²) in [5.74, 6) is -3.42. The number of amides is 1. The number of sulfonamides is 2. The summed E-state index contributed by atoms with van der Waals surface area (Å²) in [6.07, 6.45) is 4.48. The zero-order valence-electron chi connectivity index (χ0n) is 21.3. The molecule has 1 aromatic carbocycles. The number of benzene rings is 1. The summed E-state index contributed by atoms with van der Waals surface area (Å²) in [5.41, 5.74) is 0.810. The third kappa shape index (κ3) is 4.77. The number of nitrogens with zero attached hydrogens (tertiary/aromatic N) is 2. The zero-order valence-corrected chi connectivity index (χ0v) is 24.5. The summed E-state index contributed by atoms with van der Waals surface area (Å²) in [5, 5.41) is 4.50. The number of ketones is 1. The Kier molecular flexibility index (Phi) is 6.85. The number of carbonyl (C=O) groups excluding carboxylic acids is 2. The molecule has 1 aromatic heterocycles. The topological polar surface area (TPSA) is 142 Å². The van der Waals surface area contributed by atoms with Crippen molar-refractivity contribution in [3.63, 3.8) is 0 Å². The molecule has 3 heterocycles. The lowest BCUT2D eigenvalue weighted by atomic mass is 9.57. The number of hydrogen-bond acceptors (Lipinski definition) is 8. The first kappa shape index (κ1) is 27.8. The van der Waals surface area contributed by atoms with Gasteiger partial charge in [0.2, 0.25) is 15.9 Å². The zero-order chi connectivity index (χ0) is 28.6. The molecule has 3 aliphatic carbocycles. The number of Topliss-reactive ketones (excluding diaryl/α,β-unsaturated/α-hetero) is 1. The van der Waals surface area contributed by atoms with E-state index in [1.54, 1.807) is 11.0 Å². The van der Waals surface area contributed by atoms with E-state index in [4.69, 9.17) is 11.6 Å². The molecule has 214 valence electrons. The van der Waals surface area contributed by atoms with Crippen LogP contribution in [0, 0.1) is 29.5 Å². The Hall–Kier alpha value is -2.39. The normalized spacial score (nSPS) is 29.0. The summed E-state index contributed by atoms with van der Waals surface area (Å²) < 4.78 is 69.7. The van der Waals surface area contributed by atoms with E-state index in [-0.39, 0.29) is 63.1 Å². The molecule has 4 fully saturated rings. The van der Waals surface area contributed by atoms with Crippen LogP contribution in [-0.2, 0) is 42.7 Å². The largest absolute Gasteiger partial charge is 0.333 e. The molecule has 1 saturated heterocycles. The molecule has 15 heteroatoms.